The summed E-state index contributed by atoms with van der Waals surface area (Å²) in [5, 5.41) is 10.5. The van der Waals surface area contributed by atoms with E-state index in [0.29, 0.717) is 0 Å². The van der Waals surface area contributed by atoms with Gasteiger partial charge in [0.05, 0.1) is 4.92 Å². The largest absolute Gasteiger partial charge is 0.272 e. The van der Waals surface area contributed by atoms with Crippen LogP contribution in [-0.4, -0.2) is 12.8 Å². The summed E-state index contributed by atoms with van der Waals surface area (Å²) in [5.41, 5.74) is 1.94. The molecule has 0 aliphatic rings. The van der Waals surface area contributed by atoms with Crippen molar-refractivity contribution in [1.82, 2.24) is 0 Å². The van der Waals surface area contributed by atoms with Gasteiger partial charge in [0.1, 0.15) is 7.85 Å². The number of aryl methyl sites for hydroxylation is 1. The van der Waals surface area contributed by atoms with E-state index in [9.17, 15) is 10.1 Å². The standard InChI is InChI=1S/C8H10BNO2/c1-6-2-3-7(5-9)4-8(6)10(11)12/h2-4H,5,9H2,1H3. The second kappa shape index (κ2) is 3.39. The highest BCUT2D eigenvalue weighted by Gasteiger charge is 2.09. The third-order valence-corrected chi connectivity index (χ3v) is 1.88. The summed E-state index contributed by atoms with van der Waals surface area (Å²) in [6.07, 6.45) is 0.834. The molecule has 4 heteroatoms. The summed E-state index contributed by atoms with van der Waals surface area (Å²) in [6.45, 7) is 1.75. The monoisotopic (exact) mass is 163 g/mol. The topological polar surface area (TPSA) is 43.1 Å². The van der Waals surface area contributed by atoms with Gasteiger partial charge < -0.3 is 0 Å². The zero-order valence-electron chi connectivity index (χ0n) is 7.20. The SMILES string of the molecule is BCc1ccc(C)c([N+](=O)[O-])c1. The first-order chi connectivity index (χ1) is 5.65. The number of benzene rings is 1. The molecule has 0 spiro atoms. The summed E-state index contributed by atoms with van der Waals surface area (Å²) >= 11 is 0. The highest BCUT2D eigenvalue weighted by atomic mass is 16.6. The van der Waals surface area contributed by atoms with Crippen molar-refractivity contribution in [2.24, 2.45) is 0 Å². The zero-order valence-corrected chi connectivity index (χ0v) is 7.20. The van der Waals surface area contributed by atoms with E-state index in [1.165, 1.54) is 0 Å². The van der Waals surface area contributed by atoms with Crippen molar-refractivity contribution in [3.05, 3.63) is 39.4 Å². The molecule has 3 nitrogen and oxygen atoms in total. The van der Waals surface area contributed by atoms with E-state index in [-0.39, 0.29) is 10.6 Å². The summed E-state index contributed by atoms with van der Waals surface area (Å²) in [7, 11) is 1.98. The summed E-state index contributed by atoms with van der Waals surface area (Å²) in [5.74, 6) is 0. The molecular formula is C8H10BNO2. The first-order valence-corrected chi connectivity index (χ1v) is 3.89. The predicted molar refractivity (Wildman–Crippen MR) is 50.1 cm³/mol. The van der Waals surface area contributed by atoms with Crippen molar-refractivity contribution in [2.75, 3.05) is 0 Å². The molecule has 0 saturated carbocycles. The Bertz CT molecular complexity index is 312. The van der Waals surface area contributed by atoms with Crippen LogP contribution in [0.15, 0.2) is 18.2 Å². The van der Waals surface area contributed by atoms with E-state index in [1.807, 2.05) is 13.9 Å². The Balaban J connectivity index is 3.17. The lowest BCUT2D eigenvalue weighted by Gasteiger charge is -1.99. The van der Waals surface area contributed by atoms with Crippen LogP contribution >= 0.6 is 0 Å². The Morgan fingerprint density at radius 1 is 1.58 bits per heavy atom. The number of rotatable bonds is 2. The molecule has 0 unspecified atom stereocenters. The van der Waals surface area contributed by atoms with E-state index < -0.39 is 0 Å². The molecule has 1 aromatic rings. The molecule has 0 fully saturated rings. The van der Waals surface area contributed by atoms with E-state index in [0.717, 1.165) is 17.4 Å². The normalized spacial score (nSPS) is 9.75. The highest BCUT2D eigenvalue weighted by Crippen LogP contribution is 2.18. The fourth-order valence-corrected chi connectivity index (χ4v) is 1.07. The minimum Gasteiger partial charge on any atom is -0.258 e. The van der Waals surface area contributed by atoms with Gasteiger partial charge >= 0.3 is 0 Å². The number of hydrogen-bond acceptors (Lipinski definition) is 2. The van der Waals surface area contributed by atoms with Crippen LogP contribution in [0.1, 0.15) is 11.1 Å². The number of nitro benzene ring substituents is 1. The van der Waals surface area contributed by atoms with Gasteiger partial charge in [-0.15, -0.1) is 0 Å². The van der Waals surface area contributed by atoms with E-state index >= 15 is 0 Å². The fourth-order valence-electron chi connectivity index (χ4n) is 1.07. The van der Waals surface area contributed by atoms with Gasteiger partial charge in [-0.3, -0.25) is 10.1 Å². The van der Waals surface area contributed by atoms with Crippen LogP contribution in [-0.2, 0) is 6.32 Å². The Kier molecular flexibility index (Phi) is 2.48. The number of nitro groups is 1. The molecule has 0 aliphatic carbocycles. The molecule has 0 heterocycles. The van der Waals surface area contributed by atoms with Gasteiger partial charge in [-0.2, -0.15) is 0 Å². The van der Waals surface area contributed by atoms with E-state index in [1.54, 1.807) is 19.1 Å². The maximum absolute atomic E-state index is 10.5. The molecule has 0 aliphatic heterocycles. The van der Waals surface area contributed by atoms with Crippen molar-refractivity contribution >= 4 is 13.5 Å². The van der Waals surface area contributed by atoms with Crippen LogP contribution in [0.3, 0.4) is 0 Å². The highest BCUT2D eigenvalue weighted by molar-refractivity contribution is 6.08. The van der Waals surface area contributed by atoms with Gasteiger partial charge in [0, 0.05) is 11.6 Å². The maximum Gasteiger partial charge on any atom is 0.272 e. The van der Waals surface area contributed by atoms with Crippen molar-refractivity contribution in [1.29, 1.82) is 0 Å². The van der Waals surface area contributed by atoms with Crippen LogP contribution in [0.4, 0.5) is 5.69 Å². The average molecular weight is 163 g/mol. The minimum absolute atomic E-state index is 0.217. The third-order valence-electron chi connectivity index (χ3n) is 1.88. The summed E-state index contributed by atoms with van der Waals surface area (Å²) < 4.78 is 0. The van der Waals surface area contributed by atoms with E-state index in [2.05, 4.69) is 0 Å². The lowest BCUT2D eigenvalue weighted by Crippen LogP contribution is -1.93. The molecule has 0 amide bonds. The van der Waals surface area contributed by atoms with Gasteiger partial charge in [0.15, 0.2) is 0 Å². The van der Waals surface area contributed by atoms with Crippen LogP contribution in [0, 0.1) is 17.0 Å². The first kappa shape index (κ1) is 8.78. The van der Waals surface area contributed by atoms with Crippen LogP contribution in [0.5, 0.6) is 0 Å². The second-order valence-electron chi connectivity index (χ2n) is 2.73. The van der Waals surface area contributed by atoms with Crippen molar-refractivity contribution in [3.8, 4) is 0 Å². The smallest absolute Gasteiger partial charge is 0.258 e. The van der Waals surface area contributed by atoms with Crippen molar-refractivity contribution in [2.45, 2.75) is 13.2 Å². The number of nitrogens with zero attached hydrogens (tertiary/aromatic N) is 1. The van der Waals surface area contributed by atoms with Crippen molar-refractivity contribution < 1.29 is 4.92 Å². The Morgan fingerprint density at radius 3 is 2.75 bits per heavy atom. The van der Waals surface area contributed by atoms with E-state index in [4.69, 9.17) is 0 Å². The van der Waals surface area contributed by atoms with Gasteiger partial charge in [-0.05, 0) is 12.5 Å². The first-order valence-electron chi connectivity index (χ1n) is 3.89. The van der Waals surface area contributed by atoms with Gasteiger partial charge in [-0.25, -0.2) is 0 Å². The number of hydrogen-bond donors (Lipinski definition) is 0. The Hall–Kier alpha value is -1.32. The molecule has 0 radical (unpaired) electrons. The van der Waals surface area contributed by atoms with Gasteiger partial charge in [-0.1, -0.05) is 18.5 Å². The molecular weight excluding hydrogens is 153 g/mol. The summed E-state index contributed by atoms with van der Waals surface area (Å²) in [4.78, 5) is 10.2. The molecule has 0 saturated heterocycles. The quantitative estimate of drug-likeness (QED) is 0.371. The van der Waals surface area contributed by atoms with Crippen molar-refractivity contribution in [3.63, 3.8) is 0 Å². The second-order valence-corrected chi connectivity index (χ2v) is 2.73. The molecule has 1 rings (SSSR count). The zero-order chi connectivity index (χ0) is 9.14. The Morgan fingerprint density at radius 2 is 2.25 bits per heavy atom. The van der Waals surface area contributed by atoms with Crippen LogP contribution in [0.25, 0.3) is 0 Å². The maximum atomic E-state index is 10.5. The van der Waals surface area contributed by atoms with Gasteiger partial charge in [0.25, 0.3) is 5.69 Å². The third kappa shape index (κ3) is 1.64. The lowest BCUT2D eigenvalue weighted by atomic mass is 9.96. The predicted octanol–water partition coefficient (Wildman–Crippen LogP) is 1.04. The van der Waals surface area contributed by atoms with Crippen LogP contribution < -0.4 is 0 Å². The molecule has 1 aromatic carbocycles. The van der Waals surface area contributed by atoms with Gasteiger partial charge in [0.2, 0.25) is 0 Å². The molecule has 62 valence electrons. The molecule has 0 bridgehead atoms. The molecule has 0 atom stereocenters. The molecule has 12 heavy (non-hydrogen) atoms. The van der Waals surface area contributed by atoms with Crippen LogP contribution in [0.2, 0.25) is 0 Å². The lowest BCUT2D eigenvalue weighted by molar-refractivity contribution is -0.385. The fraction of sp³-hybridized carbons (Fsp3) is 0.250. The Labute approximate surface area is 72.0 Å². The molecule has 0 aromatic heterocycles. The summed E-state index contributed by atoms with van der Waals surface area (Å²) in [6, 6.07) is 5.34. The molecule has 0 N–H and O–H groups in total. The minimum atomic E-state index is -0.339. The average Bonchev–Trinajstić information content (AvgIpc) is 2.05.